The highest BCUT2D eigenvalue weighted by Gasteiger charge is 2.53. The summed E-state index contributed by atoms with van der Waals surface area (Å²) in [5, 5.41) is 15.1. The first kappa shape index (κ1) is 26.1. The lowest BCUT2D eigenvalue weighted by atomic mass is 9.87. The highest BCUT2D eigenvalue weighted by molar-refractivity contribution is 8.02. The van der Waals surface area contributed by atoms with Crippen molar-refractivity contribution in [3.8, 4) is 0 Å². The molecular formula is C24H38N4O6S. The molecule has 10 nitrogen and oxygen atoms in total. The number of amides is 2. The first-order valence-corrected chi connectivity index (χ1v) is 13.1. The van der Waals surface area contributed by atoms with Crippen LogP contribution in [0.25, 0.3) is 0 Å². The lowest BCUT2D eigenvalue weighted by Gasteiger charge is -2.42. The molecule has 0 aromatic heterocycles. The topological polar surface area (TPSA) is 112 Å². The molecule has 11 heteroatoms. The Labute approximate surface area is 211 Å². The van der Waals surface area contributed by atoms with Crippen molar-refractivity contribution in [3.05, 3.63) is 0 Å². The van der Waals surface area contributed by atoms with E-state index >= 15 is 0 Å². The minimum absolute atomic E-state index is 0.00514. The van der Waals surface area contributed by atoms with Gasteiger partial charge in [0.25, 0.3) is 0 Å². The van der Waals surface area contributed by atoms with Gasteiger partial charge in [0.05, 0.1) is 25.8 Å². The molecule has 1 saturated carbocycles. The van der Waals surface area contributed by atoms with E-state index in [2.05, 4.69) is 18.9 Å². The van der Waals surface area contributed by atoms with Crippen molar-refractivity contribution in [2.45, 2.75) is 81.1 Å². The third kappa shape index (κ3) is 5.87. The summed E-state index contributed by atoms with van der Waals surface area (Å²) < 4.78 is 11.4. The second kappa shape index (κ2) is 9.14. The Kier molecular flexibility index (Phi) is 6.80. The number of thioether (sulfide) groups is 1. The number of carboxylic acids is 1. The van der Waals surface area contributed by atoms with Gasteiger partial charge in [-0.15, -0.1) is 11.8 Å². The van der Waals surface area contributed by atoms with Crippen LogP contribution in [0, 0.1) is 5.92 Å². The Morgan fingerprint density at radius 3 is 2.43 bits per heavy atom. The fraction of sp³-hybridized carbons (Fsp3) is 0.833. The molecule has 4 rings (SSSR count). The van der Waals surface area contributed by atoms with E-state index in [-0.39, 0.29) is 39.2 Å². The van der Waals surface area contributed by atoms with Crippen molar-refractivity contribution in [1.29, 1.82) is 0 Å². The average molecular weight is 511 g/mol. The number of aliphatic carboxylic acids is 1. The molecule has 2 atom stereocenters. The summed E-state index contributed by atoms with van der Waals surface area (Å²) in [6.07, 6.45) is 2.42. The van der Waals surface area contributed by atoms with Crippen molar-refractivity contribution in [2.75, 3.05) is 39.8 Å². The molecule has 1 N–H and O–H groups in total. The largest absolute Gasteiger partial charge is 0.477 e. The lowest BCUT2D eigenvalue weighted by molar-refractivity contribution is -0.140. The van der Waals surface area contributed by atoms with Crippen molar-refractivity contribution in [1.82, 2.24) is 14.8 Å². The maximum atomic E-state index is 13.2. The summed E-state index contributed by atoms with van der Waals surface area (Å²) in [5.74, 6) is -1.40. The molecule has 0 spiro atoms. The number of likely N-dealkylation sites (tertiary alicyclic amines) is 2. The fourth-order valence-electron chi connectivity index (χ4n) is 5.03. The van der Waals surface area contributed by atoms with Crippen LogP contribution in [0.15, 0.2) is 5.10 Å². The standard InChI is InChI=1S/C24H38N4O6S/c1-22(2,3)34-21(32)28-11-15(12-28)33-14-23(4,5)35-24(8-9-24)13-27-10-7-16-17(20(30)31)25-26(6)18(16)19(27)29/h15-16,18H,7-14H2,1-6H3,(H,30,31). The number of piperidine rings is 1. The number of carbonyl (C=O) groups excluding carboxylic acids is 2. The van der Waals surface area contributed by atoms with Crippen LogP contribution in [0.4, 0.5) is 4.79 Å². The van der Waals surface area contributed by atoms with E-state index in [1.54, 1.807) is 11.9 Å². The second-order valence-corrected chi connectivity index (χ2v) is 14.0. The first-order chi connectivity index (χ1) is 16.2. The third-order valence-corrected chi connectivity index (χ3v) is 8.48. The number of carboxylic acid groups (broad SMARTS) is 1. The van der Waals surface area contributed by atoms with E-state index in [1.807, 2.05) is 37.4 Å². The zero-order valence-electron chi connectivity index (χ0n) is 21.6. The molecule has 3 heterocycles. The molecule has 4 aliphatic rings. The molecule has 2 amide bonds. The van der Waals surface area contributed by atoms with Crippen LogP contribution >= 0.6 is 11.8 Å². The Hall–Kier alpha value is -2.01. The van der Waals surface area contributed by atoms with E-state index in [9.17, 15) is 19.5 Å². The fourth-order valence-corrected chi connectivity index (χ4v) is 6.85. The Morgan fingerprint density at radius 1 is 1.20 bits per heavy atom. The monoisotopic (exact) mass is 510 g/mol. The van der Waals surface area contributed by atoms with Gasteiger partial charge in [0.15, 0.2) is 5.71 Å². The maximum absolute atomic E-state index is 13.2. The zero-order valence-corrected chi connectivity index (χ0v) is 22.4. The van der Waals surface area contributed by atoms with Gasteiger partial charge < -0.3 is 24.4 Å². The Morgan fingerprint density at radius 2 is 1.86 bits per heavy atom. The van der Waals surface area contributed by atoms with Gasteiger partial charge in [-0.05, 0) is 53.9 Å². The summed E-state index contributed by atoms with van der Waals surface area (Å²) in [5.41, 5.74) is -0.407. The number of hydrazone groups is 1. The van der Waals surface area contributed by atoms with Gasteiger partial charge >= 0.3 is 12.1 Å². The molecule has 35 heavy (non-hydrogen) atoms. The Bertz CT molecular complexity index is 906. The number of rotatable bonds is 8. The molecule has 0 bridgehead atoms. The molecule has 196 valence electrons. The van der Waals surface area contributed by atoms with Gasteiger partial charge in [0.2, 0.25) is 5.91 Å². The summed E-state index contributed by atoms with van der Waals surface area (Å²) in [6.45, 7) is 12.8. The normalized spacial score (nSPS) is 26.3. The molecule has 0 radical (unpaired) electrons. The number of carbonyl (C=O) groups is 3. The van der Waals surface area contributed by atoms with Crippen LogP contribution < -0.4 is 0 Å². The minimum atomic E-state index is -1.04. The first-order valence-electron chi connectivity index (χ1n) is 12.3. The lowest BCUT2D eigenvalue weighted by Crippen LogP contribution is -2.56. The smallest absolute Gasteiger partial charge is 0.410 e. The molecule has 1 aliphatic carbocycles. The second-order valence-electron chi connectivity index (χ2n) is 11.8. The molecular weight excluding hydrogens is 472 g/mol. The van der Waals surface area contributed by atoms with Crippen molar-refractivity contribution in [2.24, 2.45) is 11.0 Å². The van der Waals surface area contributed by atoms with Gasteiger partial charge in [-0.25, -0.2) is 9.59 Å². The number of ether oxygens (including phenoxy) is 2. The van der Waals surface area contributed by atoms with E-state index in [0.717, 1.165) is 12.8 Å². The van der Waals surface area contributed by atoms with Crippen LogP contribution in [0.5, 0.6) is 0 Å². The number of fused-ring (bicyclic) bond motifs is 1. The summed E-state index contributed by atoms with van der Waals surface area (Å²) in [7, 11) is 1.68. The number of hydrogen-bond acceptors (Lipinski definition) is 8. The van der Waals surface area contributed by atoms with Crippen molar-refractivity contribution < 1.29 is 29.0 Å². The number of hydrogen-bond donors (Lipinski definition) is 1. The molecule has 2 unspecified atom stereocenters. The van der Waals surface area contributed by atoms with Gasteiger partial charge in [0, 0.05) is 35.5 Å². The van der Waals surface area contributed by atoms with E-state index in [4.69, 9.17) is 9.47 Å². The number of nitrogens with zero attached hydrogens (tertiary/aromatic N) is 4. The quantitative estimate of drug-likeness (QED) is 0.529. The third-order valence-electron chi connectivity index (χ3n) is 6.84. The predicted octanol–water partition coefficient (Wildman–Crippen LogP) is 2.27. The highest BCUT2D eigenvalue weighted by atomic mass is 32.2. The average Bonchev–Trinajstić information content (AvgIpc) is 3.32. The van der Waals surface area contributed by atoms with Crippen LogP contribution in [-0.4, -0.2) is 111 Å². The van der Waals surface area contributed by atoms with Crippen LogP contribution in [0.3, 0.4) is 0 Å². The summed E-state index contributed by atoms with van der Waals surface area (Å²) in [6, 6.07) is -0.515. The predicted molar refractivity (Wildman–Crippen MR) is 132 cm³/mol. The molecule has 2 saturated heterocycles. The summed E-state index contributed by atoms with van der Waals surface area (Å²) >= 11 is 1.87. The van der Waals surface area contributed by atoms with E-state index in [0.29, 0.717) is 39.2 Å². The van der Waals surface area contributed by atoms with Crippen LogP contribution in [0.1, 0.15) is 53.9 Å². The summed E-state index contributed by atoms with van der Waals surface area (Å²) in [4.78, 5) is 40.4. The van der Waals surface area contributed by atoms with Gasteiger partial charge in [-0.2, -0.15) is 5.10 Å². The molecule has 0 aromatic carbocycles. The van der Waals surface area contributed by atoms with Crippen LogP contribution in [0.2, 0.25) is 0 Å². The molecule has 3 fully saturated rings. The zero-order chi connectivity index (χ0) is 25.8. The van der Waals surface area contributed by atoms with E-state index < -0.39 is 17.6 Å². The highest BCUT2D eigenvalue weighted by Crippen LogP contribution is 2.54. The molecule has 3 aliphatic heterocycles. The Balaban J connectivity index is 1.24. The van der Waals surface area contributed by atoms with Crippen molar-refractivity contribution >= 4 is 35.4 Å². The van der Waals surface area contributed by atoms with Gasteiger partial charge in [-0.3, -0.25) is 9.80 Å². The van der Waals surface area contributed by atoms with Crippen LogP contribution in [-0.2, 0) is 19.1 Å². The minimum Gasteiger partial charge on any atom is -0.477 e. The SMILES string of the molecule is CN1N=C(C(=O)O)C2CCN(CC3(SC(C)(C)COC4CN(C(=O)OC(C)(C)C)C4)CC3)C(=O)C21. The maximum Gasteiger partial charge on any atom is 0.410 e. The van der Waals surface area contributed by atoms with Gasteiger partial charge in [0.1, 0.15) is 11.6 Å². The molecule has 0 aromatic rings. The number of likely N-dealkylation sites (N-methyl/N-ethyl adjacent to an activating group) is 1. The van der Waals surface area contributed by atoms with E-state index in [1.165, 1.54) is 5.01 Å². The van der Waals surface area contributed by atoms with Gasteiger partial charge in [-0.1, -0.05) is 0 Å². The van der Waals surface area contributed by atoms with Crippen molar-refractivity contribution in [3.63, 3.8) is 0 Å².